The average molecular weight is 219 g/mol. The molecule has 0 unspecified atom stereocenters. The molecule has 1 N–H and O–H groups in total. The molecule has 1 aliphatic rings. The summed E-state index contributed by atoms with van der Waals surface area (Å²) in [4.78, 5) is 2.43. The summed E-state index contributed by atoms with van der Waals surface area (Å²) in [6, 6.07) is 6.10. The average Bonchev–Trinajstić information content (AvgIpc) is 2.33. The summed E-state index contributed by atoms with van der Waals surface area (Å²) in [5.41, 5.74) is 2.28. The van der Waals surface area contributed by atoms with Crippen LogP contribution in [0.15, 0.2) is 18.2 Å². The molecule has 1 aromatic rings. The van der Waals surface area contributed by atoms with Gasteiger partial charge in [-0.1, -0.05) is 25.5 Å². The predicted molar refractivity (Wildman–Crippen MR) is 66.6 cm³/mol. The maximum absolute atomic E-state index is 9.93. The molecule has 0 aliphatic carbocycles. The molecule has 1 aliphatic heterocycles. The normalized spacial score (nSPS) is 17.6. The fourth-order valence-corrected chi connectivity index (χ4v) is 2.32. The highest BCUT2D eigenvalue weighted by molar-refractivity contribution is 5.36. The predicted octanol–water partition coefficient (Wildman–Crippen LogP) is 2.94. The maximum atomic E-state index is 9.93. The Morgan fingerprint density at radius 1 is 1.19 bits per heavy atom. The number of aromatic hydroxyl groups is 1. The van der Waals surface area contributed by atoms with E-state index >= 15 is 0 Å². The van der Waals surface area contributed by atoms with Crippen LogP contribution in [0.2, 0.25) is 0 Å². The zero-order chi connectivity index (χ0) is 11.4. The molecule has 1 aromatic carbocycles. The van der Waals surface area contributed by atoms with E-state index in [1.165, 1.54) is 37.9 Å². The van der Waals surface area contributed by atoms with Gasteiger partial charge >= 0.3 is 0 Å². The second-order valence-electron chi connectivity index (χ2n) is 4.65. The lowest BCUT2D eigenvalue weighted by molar-refractivity contribution is 0.218. The van der Waals surface area contributed by atoms with Crippen LogP contribution in [-0.4, -0.2) is 23.1 Å². The summed E-state index contributed by atoms with van der Waals surface area (Å²) in [6.45, 7) is 5.36. The van der Waals surface area contributed by atoms with E-state index in [-0.39, 0.29) is 0 Å². The van der Waals surface area contributed by atoms with Crippen molar-refractivity contribution < 1.29 is 5.11 Å². The van der Waals surface area contributed by atoms with Gasteiger partial charge in [-0.2, -0.15) is 0 Å². The van der Waals surface area contributed by atoms with Crippen LogP contribution in [-0.2, 0) is 13.0 Å². The monoisotopic (exact) mass is 219 g/mol. The van der Waals surface area contributed by atoms with Crippen molar-refractivity contribution in [2.45, 2.75) is 39.2 Å². The Morgan fingerprint density at radius 3 is 2.56 bits per heavy atom. The Morgan fingerprint density at radius 2 is 1.94 bits per heavy atom. The summed E-state index contributed by atoms with van der Waals surface area (Å²) in [5, 5.41) is 9.93. The van der Waals surface area contributed by atoms with E-state index in [9.17, 15) is 5.11 Å². The van der Waals surface area contributed by atoms with Gasteiger partial charge in [-0.3, -0.25) is 4.90 Å². The van der Waals surface area contributed by atoms with Crippen LogP contribution in [0.5, 0.6) is 5.75 Å². The van der Waals surface area contributed by atoms with Crippen molar-refractivity contribution in [3.8, 4) is 5.75 Å². The molecule has 0 bridgehead atoms. The second kappa shape index (κ2) is 5.35. The van der Waals surface area contributed by atoms with E-state index < -0.39 is 0 Å². The molecular weight excluding hydrogens is 198 g/mol. The standard InChI is InChI=1S/C14H21NO/c1-2-12-6-7-13(14(16)10-12)11-15-8-4-3-5-9-15/h6-7,10,16H,2-5,8-9,11H2,1H3. The summed E-state index contributed by atoms with van der Waals surface area (Å²) in [5.74, 6) is 0.463. The molecule has 1 fully saturated rings. The third-order valence-electron chi connectivity index (χ3n) is 3.40. The third kappa shape index (κ3) is 2.76. The number of phenols is 1. The number of benzene rings is 1. The first-order chi connectivity index (χ1) is 7.79. The summed E-state index contributed by atoms with van der Waals surface area (Å²) < 4.78 is 0. The van der Waals surface area contributed by atoms with Gasteiger partial charge in [-0.25, -0.2) is 0 Å². The first-order valence-electron chi connectivity index (χ1n) is 6.32. The van der Waals surface area contributed by atoms with Crippen molar-refractivity contribution in [3.05, 3.63) is 29.3 Å². The summed E-state index contributed by atoms with van der Waals surface area (Å²) >= 11 is 0. The van der Waals surface area contributed by atoms with E-state index in [1.54, 1.807) is 0 Å². The van der Waals surface area contributed by atoms with E-state index in [0.717, 1.165) is 18.5 Å². The van der Waals surface area contributed by atoms with E-state index in [4.69, 9.17) is 0 Å². The number of likely N-dealkylation sites (tertiary alicyclic amines) is 1. The van der Waals surface area contributed by atoms with E-state index in [0.29, 0.717) is 5.75 Å². The van der Waals surface area contributed by atoms with Gasteiger partial charge in [-0.05, 0) is 44.0 Å². The molecule has 88 valence electrons. The third-order valence-corrected chi connectivity index (χ3v) is 3.40. The van der Waals surface area contributed by atoms with Crippen LogP contribution in [0.25, 0.3) is 0 Å². The number of phenolic OH excluding ortho intramolecular Hbond substituents is 1. The minimum atomic E-state index is 0.463. The molecule has 0 spiro atoms. The lowest BCUT2D eigenvalue weighted by Gasteiger charge is -2.26. The number of nitrogens with zero attached hydrogens (tertiary/aromatic N) is 1. The first-order valence-corrected chi connectivity index (χ1v) is 6.32. The fourth-order valence-electron chi connectivity index (χ4n) is 2.32. The highest BCUT2D eigenvalue weighted by atomic mass is 16.3. The Hall–Kier alpha value is -1.02. The molecule has 2 heteroatoms. The maximum Gasteiger partial charge on any atom is 0.120 e. The van der Waals surface area contributed by atoms with Gasteiger partial charge in [0.1, 0.15) is 5.75 Å². The minimum Gasteiger partial charge on any atom is -0.508 e. The molecular formula is C14H21NO. The van der Waals surface area contributed by atoms with Crippen molar-refractivity contribution in [1.29, 1.82) is 0 Å². The molecule has 0 radical (unpaired) electrons. The van der Waals surface area contributed by atoms with Gasteiger partial charge in [0.05, 0.1) is 0 Å². The van der Waals surface area contributed by atoms with Crippen molar-refractivity contribution in [3.63, 3.8) is 0 Å². The van der Waals surface area contributed by atoms with Crippen LogP contribution >= 0.6 is 0 Å². The first kappa shape index (κ1) is 11.5. The Kier molecular flexibility index (Phi) is 3.83. The van der Waals surface area contributed by atoms with Gasteiger partial charge in [0, 0.05) is 12.1 Å². The van der Waals surface area contributed by atoms with Crippen LogP contribution in [0, 0.1) is 0 Å². The van der Waals surface area contributed by atoms with Gasteiger partial charge in [-0.15, -0.1) is 0 Å². The molecule has 1 heterocycles. The van der Waals surface area contributed by atoms with Crippen molar-refractivity contribution in [2.75, 3.05) is 13.1 Å². The number of hydrogen-bond donors (Lipinski definition) is 1. The van der Waals surface area contributed by atoms with Crippen LogP contribution < -0.4 is 0 Å². The van der Waals surface area contributed by atoms with E-state index in [1.807, 2.05) is 6.07 Å². The molecule has 0 atom stereocenters. The largest absolute Gasteiger partial charge is 0.508 e. The molecule has 2 rings (SSSR count). The minimum absolute atomic E-state index is 0.463. The number of hydrogen-bond acceptors (Lipinski definition) is 2. The summed E-state index contributed by atoms with van der Waals surface area (Å²) in [7, 11) is 0. The Labute approximate surface area is 97.9 Å². The van der Waals surface area contributed by atoms with Crippen LogP contribution in [0.3, 0.4) is 0 Å². The zero-order valence-electron chi connectivity index (χ0n) is 10.1. The van der Waals surface area contributed by atoms with Crippen LogP contribution in [0.1, 0.15) is 37.3 Å². The lowest BCUT2D eigenvalue weighted by Crippen LogP contribution is -2.29. The fraction of sp³-hybridized carbons (Fsp3) is 0.571. The zero-order valence-corrected chi connectivity index (χ0v) is 10.1. The quantitative estimate of drug-likeness (QED) is 0.845. The van der Waals surface area contributed by atoms with Crippen molar-refractivity contribution in [1.82, 2.24) is 4.90 Å². The topological polar surface area (TPSA) is 23.5 Å². The highest BCUT2D eigenvalue weighted by Crippen LogP contribution is 2.22. The Balaban J connectivity index is 2.03. The highest BCUT2D eigenvalue weighted by Gasteiger charge is 2.12. The molecule has 16 heavy (non-hydrogen) atoms. The number of piperidine rings is 1. The SMILES string of the molecule is CCc1ccc(CN2CCCCC2)c(O)c1. The van der Waals surface area contributed by atoms with Gasteiger partial charge in [0.2, 0.25) is 0 Å². The lowest BCUT2D eigenvalue weighted by atomic mass is 10.1. The summed E-state index contributed by atoms with van der Waals surface area (Å²) in [6.07, 6.45) is 4.94. The molecule has 0 saturated carbocycles. The molecule has 0 aromatic heterocycles. The second-order valence-corrected chi connectivity index (χ2v) is 4.65. The smallest absolute Gasteiger partial charge is 0.120 e. The molecule has 0 amide bonds. The van der Waals surface area contributed by atoms with Crippen LogP contribution in [0.4, 0.5) is 0 Å². The van der Waals surface area contributed by atoms with E-state index in [2.05, 4.69) is 24.0 Å². The molecule has 2 nitrogen and oxygen atoms in total. The van der Waals surface area contributed by atoms with Crippen molar-refractivity contribution >= 4 is 0 Å². The van der Waals surface area contributed by atoms with Gasteiger partial charge in [0.15, 0.2) is 0 Å². The number of rotatable bonds is 3. The van der Waals surface area contributed by atoms with Gasteiger partial charge in [0.25, 0.3) is 0 Å². The number of aryl methyl sites for hydroxylation is 1. The molecule has 1 saturated heterocycles. The van der Waals surface area contributed by atoms with Gasteiger partial charge < -0.3 is 5.11 Å². The Bertz CT molecular complexity index is 343. The van der Waals surface area contributed by atoms with Crippen molar-refractivity contribution in [2.24, 2.45) is 0 Å².